The minimum Gasteiger partial charge on any atom is -0.297 e. The molecular formula is C15H20FN. The summed E-state index contributed by atoms with van der Waals surface area (Å²) < 4.78 is 13.4. The van der Waals surface area contributed by atoms with Gasteiger partial charge in [-0.2, -0.15) is 0 Å². The molecule has 0 aliphatic carbocycles. The highest BCUT2D eigenvalue weighted by Crippen LogP contribution is 2.17. The Morgan fingerprint density at radius 1 is 1.47 bits per heavy atom. The maximum atomic E-state index is 13.4. The van der Waals surface area contributed by atoms with Crippen LogP contribution in [0.25, 0.3) is 0 Å². The molecule has 1 aromatic carbocycles. The van der Waals surface area contributed by atoms with Crippen LogP contribution < -0.4 is 5.32 Å². The molecule has 2 unspecified atom stereocenters. The van der Waals surface area contributed by atoms with Crippen LogP contribution in [0.3, 0.4) is 0 Å². The summed E-state index contributed by atoms with van der Waals surface area (Å²) >= 11 is 0. The van der Waals surface area contributed by atoms with E-state index in [2.05, 4.69) is 18.2 Å². The predicted octanol–water partition coefficient (Wildman–Crippen LogP) is 3.59. The molecule has 0 saturated carbocycles. The molecule has 1 rings (SSSR count). The first-order chi connectivity index (χ1) is 8.08. The summed E-state index contributed by atoms with van der Waals surface area (Å²) in [6.45, 7) is 5.87. The first-order valence-corrected chi connectivity index (χ1v) is 6.06. The van der Waals surface area contributed by atoms with Gasteiger partial charge in [-0.3, -0.25) is 5.32 Å². The van der Waals surface area contributed by atoms with Crippen LogP contribution in [0.2, 0.25) is 0 Å². The van der Waals surface area contributed by atoms with Crippen LogP contribution in [0.1, 0.15) is 43.9 Å². The highest BCUT2D eigenvalue weighted by Gasteiger charge is 2.11. The highest BCUT2D eigenvalue weighted by molar-refractivity contribution is 5.25. The van der Waals surface area contributed by atoms with Crippen LogP contribution in [-0.2, 0) is 0 Å². The number of hydrogen-bond acceptors (Lipinski definition) is 1. The van der Waals surface area contributed by atoms with Gasteiger partial charge >= 0.3 is 0 Å². The third kappa shape index (κ3) is 3.87. The largest absolute Gasteiger partial charge is 0.297 e. The van der Waals surface area contributed by atoms with E-state index in [-0.39, 0.29) is 17.9 Å². The van der Waals surface area contributed by atoms with E-state index in [0.717, 1.165) is 18.4 Å². The summed E-state index contributed by atoms with van der Waals surface area (Å²) in [6, 6.07) is 5.44. The summed E-state index contributed by atoms with van der Waals surface area (Å²) in [4.78, 5) is 0. The lowest BCUT2D eigenvalue weighted by atomic mass is 10.0. The summed E-state index contributed by atoms with van der Waals surface area (Å²) in [5.74, 6) is 2.56. The predicted molar refractivity (Wildman–Crippen MR) is 70.2 cm³/mol. The second kappa shape index (κ2) is 6.42. The zero-order chi connectivity index (χ0) is 12.8. The molecule has 1 aromatic rings. The van der Waals surface area contributed by atoms with Crippen LogP contribution in [0.5, 0.6) is 0 Å². The molecular weight excluding hydrogens is 213 g/mol. The van der Waals surface area contributed by atoms with Crippen molar-refractivity contribution in [3.05, 3.63) is 35.1 Å². The molecule has 0 heterocycles. The van der Waals surface area contributed by atoms with Crippen molar-refractivity contribution in [3.63, 3.8) is 0 Å². The number of halogens is 1. The lowest BCUT2D eigenvalue weighted by molar-refractivity contribution is 0.492. The number of benzene rings is 1. The Hall–Kier alpha value is -1.33. The van der Waals surface area contributed by atoms with Gasteiger partial charge in [0.1, 0.15) is 5.82 Å². The molecule has 1 N–H and O–H groups in total. The number of aryl methyl sites for hydroxylation is 1. The number of terminal acetylenes is 1. The van der Waals surface area contributed by atoms with Gasteiger partial charge in [-0.1, -0.05) is 31.4 Å². The molecule has 0 aliphatic rings. The number of hydrogen-bond donors (Lipinski definition) is 1. The van der Waals surface area contributed by atoms with E-state index < -0.39 is 0 Å². The van der Waals surface area contributed by atoms with Crippen molar-refractivity contribution in [3.8, 4) is 12.3 Å². The fourth-order valence-electron chi connectivity index (χ4n) is 1.78. The average Bonchev–Trinajstić information content (AvgIpc) is 2.31. The Morgan fingerprint density at radius 3 is 2.71 bits per heavy atom. The van der Waals surface area contributed by atoms with Crippen molar-refractivity contribution in [2.24, 2.45) is 0 Å². The number of nitrogens with one attached hydrogen (secondary N) is 1. The zero-order valence-electron chi connectivity index (χ0n) is 10.8. The maximum absolute atomic E-state index is 13.4. The van der Waals surface area contributed by atoms with Gasteiger partial charge in [0.15, 0.2) is 0 Å². The van der Waals surface area contributed by atoms with E-state index in [1.165, 1.54) is 0 Å². The Bertz CT molecular complexity index is 406. The van der Waals surface area contributed by atoms with Crippen molar-refractivity contribution >= 4 is 0 Å². The SMILES string of the molecule is C#CC(CCC)NC(C)c1ccc(C)c(F)c1. The minimum absolute atomic E-state index is 0.0550. The molecule has 1 nitrogen and oxygen atoms in total. The fraction of sp³-hybridized carbons (Fsp3) is 0.467. The summed E-state index contributed by atoms with van der Waals surface area (Å²) in [5, 5.41) is 3.33. The van der Waals surface area contributed by atoms with Crippen LogP contribution in [-0.4, -0.2) is 6.04 Å². The Morgan fingerprint density at radius 2 is 2.18 bits per heavy atom. The van der Waals surface area contributed by atoms with Gasteiger partial charge < -0.3 is 0 Å². The van der Waals surface area contributed by atoms with Crippen LogP contribution in [0, 0.1) is 25.1 Å². The molecule has 0 aliphatic heterocycles. The quantitative estimate of drug-likeness (QED) is 0.766. The average molecular weight is 233 g/mol. The van der Waals surface area contributed by atoms with E-state index in [0.29, 0.717) is 5.56 Å². The van der Waals surface area contributed by atoms with Gasteiger partial charge in [0.25, 0.3) is 0 Å². The minimum atomic E-state index is -0.163. The van der Waals surface area contributed by atoms with Crippen molar-refractivity contribution in [2.75, 3.05) is 0 Å². The van der Waals surface area contributed by atoms with Crippen molar-refractivity contribution < 1.29 is 4.39 Å². The molecule has 17 heavy (non-hydrogen) atoms. The van der Waals surface area contributed by atoms with E-state index in [9.17, 15) is 4.39 Å². The third-order valence-electron chi connectivity index (χ3n) is 2.93. The Kier molecular flexibility index (Phi) is 5.18. The van der Waals surface area contributed by atoms with Crippen molar-refractivity contribution in [1.29, 1.82) is 0 Å². The molecule has 0 bridgehead atoms. The van der Waals surface area contributed by atoms with Crippen LogP contribution >= 0.6 is 0 Å². The molecule has 0 aromatic heterocycles. The first kappa shape index (κ1) is 13.7. The van der Waals surface area contributed by atoms with Crippen molar-refractivity contribution in [2.45, 2.75) is 45.7 Å². The molecule has 0 spiro atoms. The first-order valence-electron chi connectivity index (χ1n) is 6.06. The lowest BCUT2D eigenvalue weighted by Crippen LogP contribution is -2.30. The van der Waals surface area contributed by atoms with E-state index in [4.69, 9.17) is 6.42 Å². The second-order valence-corrected chi connectivity index (χ2v) is 4.40. The van der Waals surface area contributed by atoms with Crippen molar-refractivity contribution in [1.82, 2.24) is 5.32 Å². The summed E-state index contributed by atoms with van der Waals surface area (Å²) in [6.07, 6.45) is 7.43. The van der Waals surface area contributed by atoms with E-state index in [1.54, 1.807) is 19.1 Å². The van der Waals surface area contributed by atoms with Gasteiger partial charge in [0, 0.05) is 6.04 Å². The molecule has 2 atom stereocenters. The number of rotatable bonds is 5. The molecule has 0 amide bonds. The van der Waals surface area contributed by atoms with Gasteiger partial charge in [0.05, 0.1) is 6.04 Å². The molecule has 92 valence electrons. The van der Waals surface area contributed by atoms with Crippen LogP contribution in [0.15, 0.2) is 18.2 Å². The summed E-state index contributed by atoms with van der Waals surface area (Å²) in [7, 11) is 0. The standard InChI is InChI=1S/C15H20FN/c1-5-7-14(6-2)17-12(4)13-9-8-11(3)15(16)10-13/h2,8-10,12,14,17H,5,7H2,1,3-4H3. The molecule has 2 heteroatoms. The topological polar surface area (TPSA) is 12.0 Å². The van der Waals surface area contributed by atoms with Gasteiger partial charge in [-0.05, 0) is 37.5 Å². The Balaban J connectivity index is 2.72. The van der Waals surface area contributed by atoms with Crippen LogP contribution in [0.4, 0.5) is 4.39 Å². The van der Waals surface area contributed by atoms with E-state index in [1.807, 2.05) is 13.0 Å². The molecule has 0 saturated heterocycles. The maximum Gasteiger partial charge on any atom is 0.126 e. The third-order valence-corrected chi connectivity index (χ3v) is 2.93. The summed E-state index contributed by atoms with van der Waals surface area (Å²) in [5.41, 5.74) is 1.60. The molecule has 0 fully saturated rings. The smallest absolute Gasteiger partial charge is 0.126 e. The molecule has 0 radical (unpaired) electrons. The normalized spacial score (nSPS) is 14.1. The Labute approximate surface area is 103 Å². The van der Waals surface area contributed by atoms with E-state index >= 15 is 0 Å². The van der Waals surface area contributed by atoms with Gasteiger partial charge in [-0.25, -0.2) is 4.39 Å². The highest BCUT2D eigenvalue weighted by atomic mass is 19.1. The van der Waals surface area contributed by atoms with Gasteiger partial charge in [-0.15, -0.1) is 6.42 Å². The second-order valence-electron chi connectivity index (χ2n) is 4.40. The fourth-order valence-corrected chi connectivity index (χ4v) is 1.78. The zero-order valence-corrected chi connectivity index (χ0v) is 10.8. The lowest BCUT2D eigenvalue weighted by Gasteiger charge is -2.19. The van der Waals surface area contributed by atoms with Gasteiger partial charge in [0.2, 0.25) is 0 Å². The monoisotopic (exact) mass is 233 g/mol.